The molecule has 6 heteroatoms. The van der Waals surface area contributed by atoms with Crippen LogP contribution in [0.15, 0.2) is 72.8 Å². The third-order valence-electron chi connectivity index (χ3n) is 12.1. The summed E-state index contributed by atoms with van der Waals surface area (Å²) in [5, 5.41) is 0. The molecule has 0 aromatic heterocycles. The summed E-state index contributed by atoms with van der Waals surface area (Å²) in [7, 11) is 0. The molecule has 2 aliphatic rings. The van der Waals surface area contributed by atoms with Crippen molar-refractivity contribution in [2.75, 3.05) is 13.2 Å². The number of hydrogen-bond acceptors (Lipinski definition) is 6. The Morgan fingerprint density at radius 1 is 0.596 bits per heavy atom. The summed E-state index contributed by atoms with van der Waals surface area (Å²) in [6, 6.07) is 14.3. The predicted molar refractivity (Wildman–Crippen MR) is 209 cm³/mol. The zero-order valence-corrected chi connectivity index (χ0v) is 33.2. The van der Waals surface area contributed by atoms with Crippen molar-refractivity contribution in [2.45, 2.75) is 94.9 Å². The predicted octanol–water partition coefficient (Wildman–Crippen LogP) is 10.4. The molecule has 0 saturated carbocycles. The van der Waals surface area contributed by atoms with Gasteiger partial charge in [-0.3, -0.25) is 19.2 Å². The molecule has 0 fully saturated rings. The number of allylic oxidation sites excluding steroid dienone is 4. The van der Waals surface area contributed by atoms with Crippen LogP contribution in [0, 0.1) is 58.2 Å². The zero-order valence-electron chi connectivity index (χ0n) is 33.2. The molecular weight excluding hydrogens is 648 g/mol. The van der Waals surface area contributed by atoms with Crippen molar-refractivity contribution in [3.05, 3.63) is 84.0 Å². The number of rotatable bonds is 17. The van der Waals surface area contributed by atoms with Gasteiger partial charge in [-0.05, 0) is 95.9 Å². The van der Waals surface area contributed by atoms with Crippen LogP contribution in [-0.4, -0.2) is 36.3 Å². The van der Waals surface area contributed by atoms with E-state index in [1.54, 1.807) is 48.5 Å². The van der Waals surface area contributed by atoms with Crippen molar-refractivity contribution in [1.29, 1.82) is 0 Å². The third-order valence-corrected chi connectivity index (χ3v) is 12.1. The Hall–Kier alpha value is -3.80. The first kappa shape index (κ1) is 41.0. The largest absolute Gasteiger partial charge is 0.490 e. The number of Topliss-reactive ketones (excluding diaryl/α,β-unsaturated/α-hetero) is 4. The van der Waals surface area contributed by atoms with Crippen LogP contribution in [0.5, 0.6) is 11.5 Å². The number of ketones is 4. The Labute approximate surface area is 312 Å². The van der Waals surface area contributed by atoms with Gasteiger partial charge in [0.05, 0.1) is 0 Å². The quantitative estimate of drug-likeness (QED) is 0.0923. The Morgan fingerprint density at radius 3 is 1.23 bits per heavy atom. The fourth-order valence-electron chi connectivity index (χ4n) is 8.57. The maximum Gasteiger partial charge on any atom is 0.165 e. The van der Waals surface area contributed by atoms with Crippen molar-refractivity contribution in [3.63, 3.8) is 0 Å². The molecule has 2 aromatic rings. The number of carbonyl (C=O) groups excluding carboxylic acids is 4. The lowest BCUT2D eigenvalue weighted by Gasteiger charge is -2.39. The fraction of sp³-hybridized carbons (Fsp3) is 0.565. The molecule has 2 aliphatic carbocycles. The average molecular weight is 711 g/mol. The number of carbonyl (C=O) groups is 4. The van der Waals surface area contributed by atoms with Gasteiger partial charge in [-0.25, -0.2) is 0 Å². The Morgan fingerprint density at radius 2 is 0.923 bits per heavy atom. The smallest absolute Gasteiger partial charge is 0.165 e. The molecule has 0 N–H and O–H groups in total. The van der Waals surface area contributed by atoms with E-state index < -0.39 is 0 Å². The van der Waals surface area contributed by atoms with Crippen LogP contribution in [0.4, 0.5) is 0 Å². The number of benzene rings is 2. The van der Waals surface area contributed by atoms with Crippen molar-refractivity contribution in [3.8, 4) is 11.5 Å². The molecule has 6 nitrogen and oxygen atoms in total. The monoisotopic (exact) mass is 710 g/mol. The van der Waals surface area contributed by atoms with E-state index in [0.29, 0.717) is 48.7 Å². The Bertz CT molecular complexity index is 1490. The van der Waals surface area contributed by atoms with E-state index in [1.807, 2.05) is 27.7 Å². The summed E-state index contributed by atoms with van der Waals surface area (Å²) in [6.45, 7) is 21.3. The van der Waals surface area contributed by atoms with Crippen molar-refractivity contribution in [1.82, 2.24) is 0 Å². The molecular formula is C46H62O6. The zero-order chi connectivity index (χ0) is 38.4. The van der Waals surface area contributed by atoms with Crippen LogP contribution in [0.2, 0.25) is 0 Å². The molecule has 8 atom stereocenters. The number of ether oxygens (including phenoxy) is 2. The molecule has 0 bridgehead atoms. The molecule has 0 aliphatic heterocycles. The first-order chi connectivity index (χ1) is 24.4. The van der Waals surface area contributed by atoms with Crippen LogP contribution in [0.25, 0.3) is 0 Å². The van der Waals surface area contributed by atoms with E-state index in [1.165, 1.54) is 0 Å². The minimum Gasteiger partial charge on any atom is -0.490 e. The molecule has 0 radical (unpaired) electrons. The van der Waals surface area contributed by atoms with Crippen molar-refractivity contribution < 1.29 is 28.7 Å². The van der Waals surface area contributed by atoms with Gasteiger partial charge in [0.1, 0.15) is 36.3 Å². The molecule has 52 heavy (non-hydrogen) atoms. The highest BCUT2D eigenvalue weighted by Crippen LogP contribution is 2.43. The normalized spacial score (nSPS) is 24.3. The molecule has 0 spiro atoms. The average Bonchev–Trinajstić information content (AvgIpc) is 3.08. The molecule has 2 aromatic carbocycles. The van der Waals surface area contributed by atoms with Gasteiger partial charge < -0.3 is 9.47 Å². The van der Waals surface area contributed by atoms with Crippen LogP contribution in [0.3, 0.4) is 0 Å². The molecule has 0 amide bonds. The van der Waals surface area contributed by atoms with Crippen molar-refractivity contribution in [2.24, 2.45) is 58.2 Å². The van der Waals surface area contributed by atoms with Gasteiger partial charge in [0.25, 0.3) is 0 Å². The van der Waals surface area contributed by atoms with Gasteiger partial charge in [-0.15, -0.1) is 0 Å². The first-order valence-electron chi connectivity index (χ1n) is 19.4. The highest BCUT2D eigenvalue weighted by molar-refractivity contribution is 5.99. The van der Waals surface area contributed by atoms with Crippen LogP contribution < -0.4 is 9.47 Å². The second-order valence-corrected chi connectivity index (χ2v) is 17.3. The maximum atomic E-state index is 13.3. The second-order valence-electron chi connectivity index (χ2n) is 17.3. The van der Waals surface area contributed by atoms with Gasteiger partial charge in [0.2, 0.25) is 0 Å². The third kappa shape index (κ3) is 9.99. The summed E-state index contributed by atoms with van der Waals surface area (Å²) < 4.78 is 11.7. The van der Waals surface area contributed by atoms with E-state index in [4.69, 9.17) is 9.47 Å². The molecule has 282 valence electrons. The molecule has 4 rings (SSSR count). The molecule has 8 unspecified atom stereocenters. The van der Waals surface area contributed by atoms with Crippen LogP contribution in [-0.2, 0) is 9.59 Å². The first-order valence-corrected chi connectivity index (χ1v) is 19.4. The van der Waals surface area contributed by atoms with Gasteiger partial charge in [-0.2, -0.15) is 0 Å². The van der Waals surface area contributed by atoms with Crippen molar-refractivity contribution >= 4 is 23.1 Å². The topological polar surface area (TPSA) is 86.7 Å². The van der Waals surface area contributed by atoms with Gasteiger partial charge in [0, 0.05) is 47.6 Å². The highest BCUT2D eigenvalue weighted by atomic mass is 16.5. The van der Waals surface area contributed by atoms with Gasteiger partial charge in [-0.1, -0.05) is 93.5 Å². The van der Waals surface area contributed by atoms with E-state index in [2.05, 4.69) is 65.8 Å². The van der Waals surface area contributed by atoms with Crippen LogP contribution >= 0.6 is 0 Å². The standard InChI is InChI=1S/C46H62O6/c1-29-13-11-23-45(7,8)41(29)39(47)27-31(3)33(5)43(49)35-15-19-37(20-16-35)51-25-26-52-38-21-17-36(18-22-38)44(50)34(6)32(4)28-40(48)42-30(2)14-12-24-46(42,9)10/h11-22,29-34,41-42H,23-28H2,1-10H3. The summed E-state index contributed by atoms with van der Waals surface area (Å²) in [5.41, 5.74) is 1.06. The van der Waals surface area contributed by atoms with E-state index in [9.17, 15) is 19.2 Å². The summed E-state index contributed by atoms with van der Waals surface area (Å²) in [5.74, 6) is 1.52. The molecule has 0 heterocycles. The SMILES string of the molecule is CC1C=CCC(C)(C)C1C(=O)CC(C)C(C)C(=O)c1ccc(OCCOc2ccc(C(=O)C(C)C(C)CC(=O)C3C(C)C=CCC3(C)C)cc2)cc1. The lowest BCUT2D eigenvalue weighted by atomic mass is 9.64. The molecule has 0 saturated heterocycles. The summed E-state index contributed by atoms with van der Waals surface area (Å²) in [6.07, 6.45) is 11.3. The van der Waals surface area contributed by atoms with Gasteiger partial charge in [0.15, 0.2) is 11.6 Å². The summed E-state index contributed by atoms with van der Waals surface area (Å²) >= 11 is 0. The van der Waals surface area contributed by atoms with E-state index in [0.717, 1.165) is 12.8 Å². The minimum absolute atomic E-state index is 0.0285. The van der Waals surface area contributed by atoms with Crippen LogP contribution in [0.1, 0.15) is 116 Å². The van der Waals surface area contributed by atoms with E-state index >= 15 is 0 Å². The number of hydrogen-bond donors (Lipinski definition) is 0. The Balaban J connectivity index is 1.20. The lowest BCUT2D eigenvalue weighted by Crippen LogP contribution is -2.38. The Kier molecular flexibility index (Phi) is 13.7. The lowest BCUT2D eigenvalue weighted by molar-refractivity contribution is -0.130. The van der Waals surface area contributed by atoms with E-state index in [-0.39, 0.29) is 81.3 Å². The fourth-order valence-corrected chi connectivity index (χ4v) is 8.57. The van der Waals surface area contributed by atoms with Gasteiger partial charge >= 0.3 is 0 Å². The highest BCUT2D eigenvalue weighted by Gasteiger charge is 2.41. The maximum absolute atomic E-state index is 13.3. The summed E-state index contributed by atoms with van der Waals surface area (Å²) in [4.78, 5) is 53.3. The second kappa shape index (κ2) is 17.4. The minimum atomic E-state index is -0.278.